The Morgan fingerprint density at radius 1 is 0.654 bits per heavy atom. The second kappa shape index (κ2) is 23.9. The Balaban J connectivity index is 3.29. The molecule has 0 saturated carbocycles. The summed E-state index contributed by atoms with van der Waals surface area (Å²) in [6.07, 6.45) is 0.463. The molecule has 0 aliphatic heterocycles. The number of aliphatic carboxylic acids is 1. The van der Waals surface area contributed by atoms with Crippen molar-refractivity contribution < 1.29 is 48.9 Å². The summed E-state index contributed by atoms with van der Waals surface area (Å²) >= 11 is 0. The van der Waals surface area contributed by atoms with E-state index in [1.807, 2.05) is 0 Å². The van der Waals surface area contributed by atoms with E-state index in [4.69, 9.17) is 28.7 Å². The normalized spacial score (nSPS) is 14.2. The minimum absolute atomic E-state index is 0.0143. The highest BCUT2D eigenvalue weighted by Gasteiger charge is 2.33. The SMILES string of the molecule is NCCCC[C@H](N)C(=O)N[C@@H](CO)C(=O)N[C@@H](CC(N)=O)C(=O)N[C@@H](CCCN=C(N)N)C(=O)N[C@@H](Cc1ccccc1)C(=O)N[C@@H](CO)C(=O)O. The van der Waals surface area contributed by atoms with Gasteiger partial charge in [0.05, 0.1) is 25.7 Å². The molecular formula is C31H51N11O10. The molecule has 18 N–H and O–H groups in total. The van der Waals surface area contributed by atoms with Crippen molar-refractivity contribution in [3.05, 3.63) is 35.9 Å². The molecule has 0 aromatic heterocycles. The average Bonchev–Trinajstić information content (AvgIpc) is 3.09. The standard InChI is InChI=1S/C31H51N11O10/c32-11-5-4-9-18(33)25(46)41-22(15-43)29(50)40-21(14-24(34)45)28(49)38-19(10-6-12-37-31(35)36)26(47)39-20(13-17-7-2-1-3-8-17)27(48)42-23(16-44)30(51)52/h1-3,7-8,18-23,43-44H,4-6,9-16,32-33H2,(H2,34,45)(H,38,49)(H,39,47)(H,40,50)(H,41,46)(H,42,48)(H,51,52)(H4,35,36,37)/t18-,19-,20-,21-,22-,23-/m0/s1. The number of carboxylic acids is 1. The van der Waals surface area contributed by atoms with Crippen molar-refractivity contribution in [2.24, 2.45) is 33.7 Å². The summed E-state index contributed by atoms with van der Waals surface area (Å²) in [6, 6.07) is -0.499. The number of rotatable bonds is 25. The van der Waals surface area contributed by atoms with Crippen molar-refractivity contribution in [1.29, 1.82) is 0 Å². The Labute approximate surface area is 299 Å². The van der Waals surface area contributed by atoms with Crippen LogP contribution < -0.4 is 55.3 Å². The first-order chi connectivity index (χ1) is 24.6. The summed E-state index contributed by atoms with van der Waals surface area (Å²) in [6.45, 7) is -1.44. The molecular weight excluding hydrogens is 686 g/mol. The fourth-order valence-corrected chi connectivity index (χ4v) is 4.63. The van der Waals surface area contributed by atoms with Crippen LogP contribution in [-0.2, 0) is 40.0 Å². The van der Waals surface area contributed by atoms with Crippen LogP contribution in [0.25, 0.3) is 0 Å². The zero-order valence-electron chi connectivity index (χ0n) is 28.7. The molecule has 6 atom stereocenters. The lowest BCUT2D eigenvalue weighted by molar-refractivity contribution is -0.143. The number of benzene rings is 1. The molecule has 0 spiro atoms. The molecule has 1 aromatic carbocycles. The lowest BCUT2D eigenvalue weighted by Crippen LogP contribution is -2.60. The molecule has 0 fully saturated rings. The Kier molecular flexibility index (Phi) is 20.5. The molecule has 0 aliphatic carbocycles. The number of amides is 6. The number of carbonyl (C=O) groups excluding carboxylic acids is 6. The van der Waals surface area contributed by atoms with Crippen LogP contribution in [-0.4, -0.2) is 125 Å². The minimum atomic E-state index is -1.70. The van der Waals surface area contributed by atoms with E-state index in [0.717, 1.165) is 0 Å². The second-order valence-corrected chi connectivity index (χ2v) is 11.7. The predicted molar refractivity (Wildman–Crippen MR) is 186 cm³/mol. The van der Waals surface area contributed by atoms with Crippen molar-refractivity contribution >= 4 is 47.4 Å². The van der Waals surface area contributed by atoms with E-state index in [0.29, 0.717) is 24.9 Å². The number of nitrogens with zero attached hydrogens (tertiary/aromatic N) is 1. The van der Waals surface area contributed by atoms with Gasteiger partial charge in [-0.1, -0.05) is 36.8 Å². The summed E-state index contributed by atoms with van der Waals surface area (Å²) in [5.74, 6) is -7.60. The van der Waals surface area contributed by atoms with Gasteiger partial charge in [0.2, 0.25) is 35.4 Å². The molecule has 290 valence electrons. The quantitative estimate of drug-likeness (QED) is 0.0253. The van der Waals surface area contributed by atoms with Crippen LogP contribution in [0.15, 0.2) is 35.3 Å². The molecule has 0 radical (unpaired) electrons. The molecule has 0 aliphatic rings. The first-order valence-corrected chi connectivity index (χ1v) is 16.4. The second-order valence-electron chi connectivity index (χ2n) is 11.7. The van der Waals surface area contributed by atoms with Gasteiger partial charge >= 0.3 is 5.97 Å². The van der Waals surface area contributed by atoms with Crippen LogP contribution in [0.5, 0.6) is 0 Å². The van der Waals surface area contributed by atoms with Crippen molar-refractivity contribution in [1.82, 2.24) is 26.6 Å². The van der Waals surface area contributed by atoms with Crippen LogP contribution in [0.2, 0.25) is 0 Å². The van der Waals surface area contributed by atoms with Gasteiger partial charge in [-0.25, -0.2) is 4.79 Å². The van der Waals surface area contributed by atoms with Crippen LogP contribution in [0.4, 0.5) is 0 Å². The molecule has 1 rings (SSSR count). The van der Waals surface area contributed by atoms with Crippen LogP contribution in [0.1, 0.15) is 44.1 Å². The Bertz CT molecular complexity index is 1380. The lowest BCUT2D eigenvalue weighted by Gasteiger charge is -2.26. The van der Waals surface area contributed by atoms with Gasteiger partial charge < -0.3 is 70.6 Å². The molecule has 0 heterocycles. The van der Waals surface area contributed by atoms with Gasteiger partial charge in [0.1, 0.15) is 30.2 Å². The van der Waals surface area contributed by atoms with Gasteiger partial charge in [0.15, 0.2) is 5.96 Å². The van der Waals surface area contributed by atoms with Gasteiger partial charge in [-0.3, -0.25) is 33.8 Å². The first-order valence-electron chi connectivity index (χ1n) is 16.4. The molecule has 6 amide bonds. The summed E-state index contributed by atoms with van der Waals surface area (Å²) in [4.78, 5) is 93.1. The van der Waals surface area contributed by atoms with E-state index in [1.165, 1.54) is 0 Å². The summed E-state index contributed by atoms with van der Waals surface area (Å²) < 4.78 is 0. The number of carboxylic acid groups (broad SMARTS) is 1. The van der Waals surface area contributed by atoms with Crippen molar-refractivity contribution in [2.45, 2.75) is 81.2 Å². The Morgan fingerprint density at radius 2 is 1.17 bits per heavy atom. The number of aliphatic hydroxyl groups excluding tert-OH is 2. The largest absolute Gasteiger partial charge is 0.480 e. The third kappa shape index (κ3) is 17.0. The van der Waals surface area contributed by atoms with Crippen LogP contribution >= 0.6 is 0 Å². The monoisotopic (exact) mass is 737 g/mol. The fourth-order valence-electron chi connectivity index (χ4n) is 4.63. The van der Waals surface area contributed by atoms with Crippen molar-refractivity contribution in [2.75, 3.05) is 26.3 Å². The minimum Gasteiger partial charge on any atom is -0.480 e. The fraction of sp³-hybridized carbons (Fsp3) is 0.548. The van der Waals surface area contributed by atoms with Crippen LogP contribution in [0.3, 0.4) is 0 Å². The predicted octanol–water partition coefficient (Wildman–Crippen LogP) is -5.89. The molecule has 21 nitrogen and oxygen atoms in total. The number of primary amides is 1. The Hall–Kier alpha value is -5.38. The number of carbonyl (C=O) groups is 7. The van der Waals surface area contributed by atoms with Gasteiger partial charge in [-0.15, -0.1) is 0 Å². The van der Waals surface area contributed by atoms with Crippen molar-refractivity contribution in [3.63, 3.8) is 0 Å². The smallest absolute Gasteiger partial charge is 0.328 e. The van der Waals surface area contributed by atoms with E-state index in [1.54, 1.807) is 30.3 Å². The zero-order chi connectivity index (χ0) is 39.2. The van der Waals surface area contributed by atoms with Gasteiger partial charge in [-0.05, 0) is 37.8 Å². The molecule has 0 saturated heterocycles. The highest BCUT2D eigenvalue weighted by molar-refractivity contribution is 5.98. The van der Waals surface area contributed by atoms with E-state index in [2.05, 4.69) is 31.6 Å². The number of hydrogen-bond acceptors (Lipinski definition) is 12. The van der Waals surface area contributed by atoms with Gasteiger partial charge in [0.25, 0.3) is 0 Å². The zero-order valence-corrected chi connectivity index (χ0v) is 28.7. The average molecular weight is 738 g/mol. The molecule has 0 unspecified atom stereocenters. The number of guanidine groups is 1. The highest BCUT2D eigenvalue weighted by atomic mass is 16.4. The van der Waals surface area contributed by atoms with E-state index < -0.39 is 97.3 Å². The molecule has 52 heavy (non-hydrogen) atoms. The maximum atomic E-state index is 13.7. The van der Waals surface area contributed by atoms with Crippen molar-refractivity contribution in [3.8, 4) is 0 Å². The van der Waals surface area contributed by atoms with E-state index >= 15 is 0 Å². The number of nitrogens with one attached hydrogen (secondary N) is 5. The van der Waals surface area contributed by atoms with E-state index in [-0.39, 0.29) is 38.2 Å². The van der Waals surface area contributed by atoms with Gasteiger partial charge in [0, 0.05) is 13.0 Å². The molecule has 1 aromatic rings. The van der Waals surface area contributed by atoms with Crippen LogP contribution in [0, 0.1) is 0 Å². The number of aliphatic hydroxyl groups is 2. The summed E-state index contributed by atoms with van der Waals surface area (Å²) in [5.41, 5.74) is 27.9. The van der Waals surface area contributed by atoms with Gasteiger partial charge in [-0.2, -0.15) is 0 Å². The first kappa shape index (κ1) is 44.6. The third-order valence-corrected chi connectivity index (χ3v) is 7.45. The Morgan fingerprint density at radius 3 is 1.73 bits per heavy atom. The third-order valence-electron chi connectivity index (χ3n) is 7.45. The summed E-state index contributed by atoms with van der Waals surface area (Å²) in [5, 5.41) is 40.1. The summed E-state index contributed by atoms with van der Waals surface area (Å²) in [7, 11) is 0. The maximum absolute atomic E-state index is 13.7. The number of unbranched alkanes of at least 4 members (excludes halogenated alkanes) is 1. The highest BCUT2D eigenvalue weighted by Crippen LogP contribution is 2.08. The lowest BCUT2D eigenvalue weighted by atomic mass is 10.0. The molecule has 0 bridgehead atoms. The number of hydrogen-bond donors (Lipinski definition) is 13. The number of aliphatic imine (C=N–C) groups is 1. The number of nitrogens with two attached hydrogens (primary N) is 5. The van der Waals surface area contributed by atoms with E-state index in [9.17, 15) is 48.9 Å². The maximum Gasteiger partial charge on any atom is 0.328 e. The topological polar surface area (TPSA) is 383 Å². The molecule has 21 heteroatoms.